The SMILES string of the molecule is O=C(c1cc(F)ccc1[N+](=O)[O-])N1CCCC(N2CCNCC2=O)C1. The predicted octanol–water partition coefficient (Wildman–Crippen LogP) is 0.770. The third kappa shape index (κ3) is 3.60. The van der Waals surface area contributed by atoms with Crippen LogP contribution in [-0.2, 0) is 4.79 Å². The smallest absolute Gasteiger partial charge is 0.282 e. The van der Waals surface area contributed by atoms with Gasteiger partial charge in [0, 0.05) is 38.3 Å². The third-order valence-corrected chi connectivity index (χ3v) is 4.64. The van der Waals surface area contributed by atoms with Crippen molar-refractivity contribution in [1.29, 1.82) is 0 Å². The Kier molecular flexibility index (Phi) is 4.93. The molecular weight excluding hydrogens is 331 g/mol. The second kappa shape index (κ2) is 7.14. The highest BCUT2D eigenvalue weighted by molar-refractivity contribution is 5.98. The summed E-state index contributed by atoms with van der Waals surface area (Å²) < 4.78 is 13.5. The molecule has 0 bridgehead atoms. The lowest BCUT2D eigenvalue weighted by Gasteiger charge is -2.41. The minimum Gasteiger partial charge on any atom is -0.336 e. The summed E-state index contributed by atoms with van der Waals surface area (Å²) in [7, 11) is 0. The first-order chi connectivity index (χ1) is 12.0. The standard InChI is InChI=1S/C16H19FN4O4/c17-11-3-4-14(21(24)25)13(8-11)16(23)19-6-1-2-12(10-19)20-7-5-18-9-15(20)22/h3-4,8,12,18H,1-2,5-7,9-10H2. The highest BCUT2D eigenvalue weighted by Gasteiger charge is 2.33. The van der Waals surface area contributed by atoms with Crippen LogP contribution in [0.25, 0.3) is 0 Å². The number of carbonyl (C=O) groups excluding carboxylic acids is 2. The van der Waals surface area contributed by atoms with Gasteiger partial charge in [-0.2, -0.15) is 0 Å². The second-order valence-corrected chi connectivity index (χ2v) is 6.23. The number of halogens is 1. The van der Waals surface area contributed by atoms with Gasteiger partial charge in [-0.15, -0.1) is 0 Å². The highest BCUT2D eigenvalue weighted by Crippen LogP contribution is 2.24. The fourth-order valence-corrected chi connectivity index (χ4v) is 3.41. The van der Waals surface area contributed by atoms with E-state index in [0.29, 0.717) is 32.6 Å². The number of nitrogens with zero attached hydrogens (tertiary/aromatic N) is 3. The Morgan fingerprint density at radius 3 is 2.88 bits per heavy atom. The fourth-order valence-electron chi connectivity index (χ4n) is 3.41. The number of benzene rings is 1. The normalized spacial score (nSPS) is 21.3. The van der Waals surface area contributed by atoms with Gasteiger partial charge in [0.05, 0.1) is 11.5 Å². The van der Waals surface area contributed by atoms with Crippen LogP contribution in [0.4, 0.5) is 10.1 Å². The van der Waals surface area contributed by atoms with E-state index in [2.05, 4.69) is 5.32 Å². The largest absolute Gasteiger partial charge is 0.336 e. The molecule has 0 radical (unpaired) electrons. The first-order valence-electron chi connectivity index (χ1n) is 8.21. The molecule has 1 unspecified atom stereocenters. The molecule has 25 heavy (non-hydrogen) atoms. The zero-order valence-corrected chi connectivity index (χ0v) is 13.6. The molecular formula is C16H19FN4O4. The molecule has 2 aliphatic rings. The maximum Gasteiger partial charge on any atom is 0.282 e. The van der Waals surface area contributed by atoms with Crippen molar-refractivity contribution in [3.05, 3.63) is 39.7 Å². The molecule has 0 aromatic heterocycles. The Balaban J connectivity index is 1.79. The molecule has 2 aliphatic heterocycles. The van der Waals surface area contributed by atoms with E-state index in [-0.39, 0.29) is 24.1 Å². The van der Waals surface area contributed by atoms with Gasteiger partial charge in [0.25, 0.3) is 11.6 Å². The molecule has 2 fully saturated rings. The number of hydrogen-bond acceptors (Lipinski definition) is 5. The first-order valence-corrected chi connectivity index (χ1v) is 8.21. The summed E-state index contributed by atoms with van der Waals surface area (Å²) >= 11 is 0. The van der Waals surface area contributed by atoms with Gasteiger partial charge in [-0.05, 0) is 25.0 Å². The van der Waals surface area contributed by atoms with Crippen LogP contribution < -0.4 is 5.32 Å². The Morgan fingerprint density at radius 2 is 2.16 bits per heavy atom. The van der Waals surface area contributed by atoms with Crippen molar-refractivity contribution in [2.45, 2.75) is 18.9 Å². The molecule has 3 rings (SSSR count). The molecule has 134 valence electrons. The van der Waals surface area contributed by atoms with E-state index in [9.17, 15) is 24.1 Å². The number of piperidine rings is 1. The van der Waals surface area contributed by atoms with Crippen LogP contribution >= 0.6 is 0 Å². The topological polar surface area (TPSA) is 95.8 Å². The summed E-state index contributed by atoms with van der Waals surface area (Å²) in [6.45, 7) is 2.29. The first kappa shape index (κ1) is 17.3. The number of nitro groups is 1. The van der Waals surface area contributed by atoms with Gasteiger partial charge in [0.1, 0.15) is 11.4 Å². The number of piperazine rings is 1. The lowest BCUT2D eigenvalue weighted by atomic mass is 10.0. The summed E-state index contributed by atoms with van der Waals surface area (Å²) in [5.74, 6) is -1.28. The zero-order valence-electron chi connectivity index (χ0n) is 13.6. The quantitative estimate of drug-likeness (QED) is 0.642. The molecule has 0 spiro atoms. The van der Waals surface area contributed by atoms with Gasteiger partial charge in [0.2, 0.25) is 5.91 Å². The maximum atomic E-state index is 13.5. The van der Waals surface area contributed by atoms with Gasteiger partial charge < -0.3 is 15.1 Å². The van der Waals surface area contributed by atoms with E-state index in [1.165, 1.54) is 4.90 Å². The Hall–Kier alpha value is -2.55. The van der Waals surface area contributed by atoms with Gasteiger partial charge in [0.15, 0.2) is 0 Å². The molecule has 9 heteroatoms. The summed E-state index contributed by atoms with van der Waals surface area (Å²) in [6, 6.07) is 2.76. The minimum absolute atomic E-state index is 0.0118. The van der Waals surface area contributed by atoms with Crippen LogP contribution in [0.2, 0.25) is 0 Å². The van der Waals surface area contributed by atoms with Crippen molar-refractivity contribution in [3.63, 3.8) is 0 Å². The number of likely N-dealkylation sites (tertiary alicyclic amines) is 1. The fraction of sp³-hybridized carbons (Fsp3) is 0.500. The molecule has 1 aromatic rings. The zero-order chi connectivity index (χ0) is 18.0. The van der Waals surface area contributed by atoms with E-state index < -0.39 is 22.3 Å². The lowest BCUT2D eigenvalue weighted by molar-refractivity contribution is -0.385. The molecule has 1 atom stereocenters. The molecule has 1 N–H and O–H groups in total. The number of carbonyl (C=O) groups is 2. The number of rotatable bonds is 3. The van der Waals surface area contributed by atoms with Crippen molar-refractivity contribution in [2.24, 2.45) is 0 Å². The summed E-state index contributed by atoms with van der Waals surface area (Å²) in [5.41, 5.74) is -0.663. The molecule has 2 amide bonds. The predicted molar refractivity (Wildman–Crippen MR) is 86.6 cm³/mol. The molecule has 0 aliphatic carbocycles. The van der Waals surface area contributed by atoms with Crippen LogP contribution in [0.5, 0.6) is 0 Å². The van der Waals surface area contributed by atoms with Crippen LogP contribution in [0.1, 0.15) is 23.2 Å². The summed E-state index contributed by atoms with van der Waals surface area (Å²) in [4.78, 5) is 38.5. The van der Waals surface area contributed by atoms with Crippen LogP contribution in [0.15, 0.2) is 18.2 Å². The summed E-state index contributed by atoms with van der Waals surface area (Å²) in [6.07, 6.45) is 1.47. The lowest BCUT2D eigenvalue weighted by Crippen LogP contribution is -2.57. The van der Waals surface area contributed by atoms with Gasteiger partial charge >= 0.3 is 0 Å². The van der Waals surface area contributed by atoms with Gasteiger partial charge in [-0.25, -0.2) is 4.39 Å². The molecule has 8 nitrogen and oxygen atoms in total. The number of nitro benzene ring substituents is 1. The van der Waals surface area contributed by atoms with Gasteiger partial charge in [-0.3, -0.25) is 19.7 Å². The van der Waals surface area contributed by atoms with Crippen molar-refractivity contribution < 1.29 is 18.9 Å². The maximum absolute atomic E-state index is 13.5. The second-order valence-electron chi connectivity index (χ2n) is 6.23. The molecule has 2 saturated heterocycles. The van der Waals surface area contributed by atoms with Crippen molar-refractivity contribution in [1.82, 2.24) is 15.1 Å². The van der Waals surface area contributed by atoms with Crippen LogP contribution in [0, 0.1) is 15.9 Å². The Bertz CT molecular complexity index is 711. The van der Waals surface area contributed by atoms with Crippen molar-refractivity contribution in [2.75, 3.05) is 32.7 Å². The average Bonchev–Trinajstić information content (AvgIpc) is 2.61. The minimum atomic E-state index is -0.695. The third-order valence-electron chi connectivity index (χ3n) is 4.64. The number of amides is 2. The summed E-state index contributed by atoms with van der Waals surface area (Å²) in [5, 5.41) is 14.1. The van der Waals surface area contributed by atoms with Gasteiger partial charge in [-0.1, -0.05) is 0 Å². The molecule has 0 saturated carbocycles. The Labute approximate surface area is 143 Å². The van der Waals surface area contributed by atoms with E-state index >= 15 is 0 Å². The van der Waals surface area contributed by atoms with Crippen LogP contribution in [-0.4, -0.2) is 65.3 Å². The molecule has 1 aromatic carbocycles. The van der Waals surface area contributed by atoms with Crippen LogP contribution in [0.3, 0.4) is 0 Å². The number of nitrogens with one attached hydrogen (secondary N) is 1. The van der Waals surface area contributed by atoms with Crippen molar-refractivity contribution >= 4 is 17.5 Å². The highest BCUT2D eigenvalue weighted by atomic mass is 19.1. The molecule has 2 heterocycles. The van der Waals surface area contributed by atoms with E-state index in [0.717, 1.165) is 24.6 Å². The average molecular weight is 350 g/mol. The van der Waals surface area contributed by atoms with Crippen molar-refractivity contribution in [3.8, 4) is 0 Å². The number of hydrogen-bond donors (Lipinski definition) is 1. The van der Waals surface area contributed by atoms with E-state index in [4.69, 9.17) is 0 Å². The van der Waals surface area contributed by atoms with E-state index in [1.807, 2.05) is 0 Å². The Morgan fingerprint density at radius 1 is 1.36 bits per heavy atom. The van der Waals surface area contributed by atoms with E-state index in [1.54, 1.807) is 4.90 Å². The monoisotopic (exact) mass is 350 g/mol.